The fourth-order valence-electron chi connectivity index (χ4n) is 11.1. The van der Waals surface area contributed by atoms with Crippen LogP contribution in [0.5, 0.6) is 11.8 Å². The summed E-state index contributed by atoms with van der Waals surface area (Å²) in [5.41, 5.74) is -0.864. The standard InChI is InChI=1S/C52H83N9O24S/c1-51(2)24-35(52(3,4)53-51)61-40(66)23-34(47(61)79)86-22-13-39(65)57-17-6-16-55(37(63)11-8-32(49(82)83)59(27-43(71)72)28-44(73)74)19-18-54(36(62)10-7-31(48(80)81)58(25-41(67)68)26-42(69)70)14-5-15-56(20-21-57)38(64)12-9-33(50(84)85)60(29-45(75)76)30-46(77)78/h23,31-33,35,37,39,53,63,65-66,79H,5-22,24-30H2,1-4H3,(H,67,68)(H,69,70)(H,71,72)(H,73,74)(H,75,76)(H,77,78)(H,80,81)(H,82,83)(H,84,85). The molecule has 34 heteroatoms. The third-order valence-corrected chi connectivity index (χ3v) is 15.9. The first-order chi connectivity index (χ1) is 40.0. The van der Waals surface area contributed by atoms with Crippen molar-refractivity contribution in [2.75, 3.05) is 97.4 Å². The van der Waals surface area contributed by atoms with Crippen LogP contribution in [-0.4, -0.2) is 310 Å². The maximum atomic E-state index is 14.3. The van der Waals surface area contributed by atoms with Crippen LogP contribution >= 0.6 is 11.8 Å². The second kappa shape index (κ2) is 33.8. The second-order valence-corrected chi connectivity index (χ2v) is 23.6. The van der Waals surface area contributed by atoms with E-state index in [-0.39, 0.29) is 101 Å². The van der Waals surface area contributed by atoms with Crippen molar-refractivity contribution >= 4 is 77.3 Å². The zero-order valence-electron chi connectivity index (χ0n) is 48.5. The second-order valence-electron chi connectivity index (χ2n) is 22.4. The number of amides is 2. The molecule has 486 valence electrons. The minimum Gasteiger partial charge on any atom is -0.494 e. The van der Waals surface area contributed by atoms with Gasteiger partial charge in [0.1, 0.15) is 30.6 Å². The average Bonchev–Trinajstić information content (AvgIpc) is 1.69. The predicted octanol–water partition coefficient (Wildman–Crippen LogP) is -1.72. The van der Waals surface area contributed by atoms with Crippen LogP contribution in [0.4, 0.5) is 0 Å². The smallest absolute Gasteiger partial charge is 0.320 e. The van der Waals surface area contributed by atoms with Crippen molar-refractivity contribution in [2.24, 2.45) is 0 Å². The molecule has 6 unspecified atom stereocenters. The molecular formula is C52H83N9O24S. The predicted molar refractivity (Wildman–Crippen MR) is 298 cm³/mol. The van der Waals surface area contributed by atoms with Crippen molar-refractivity contribution in [3.8, 4) is 11.8 Å². The number of thioether (sulfide) groups is 1. The largest absolute Gasteiger partial charge is 0.494 e. The lowest BCUT2D eigenvalue weighted by Crippen LogP contribution is -2.49. The first kappa shape index (κ1) is 73.3. The number of aliphatic carboxylic acids is 9. The maximum absolute atomic E-state index is 14.3. The molecule has 2 fully saturated rings. The fourth-order valence-corrected chi connectivity index (χ4v) is 12.0. The van der Waals surface area contributed by atoms with Gasteiger partial charge in [-0.3, -0.25) is 81.8 Å². The molecule has 1 aromatic rings. The summed E-state index contributed by atoms with van der Waals surface area (Å²) in [6.07, 6.45) is -5.56. The summed E-state index contributed by atoms with van der Waals surface area (Å²) < 4.78 is 1.44. The number of aliphatic hydroxyl groups is 2. The molecular weight excluding hydrogens is 1170 g/mol. The molecule has 6 atom stereocenters. The molecule has 1 aromatic heterocycles. The van der Waals surface area contributed by atoms with Gasteiger partial charge in [0.15, 0.2) is 5.88 Å². The van der Waals surface area contributed by atoms with E-state index in [9.17, 15) is 119 Å². The normalized spacial score (nSPS) is 19.1. The Kier molecular flexibility index (Phi) is 28.9. The highest BCUT2D eigenvalue weighted by molar-refractivity contribution is 7.99. The van der Waals surface area contributed by atoms with E-state index in [0.29, 0.717) is 26.0 Å². The maximum Gasteiger partial charge on any atom is 0.320 e. The number of aromatic nitrogens is 1. The first-order valence-electron chi connectivity index (χ1n) is 27.7. The van der Waals surface area contributed by atoms with E-state index in [1.807, 2.05) is 27.7 Å². The van der Waals surface area contributed by atoms with Crippen LogP contribution in [0.1, 0.15) is 97.9 Å². The summed E-state index contributed by atoms with van der Waals surface area (Å²) in [6, 6.07) is -4.22. The zero-order valence-corrected chi connectivity index (χ0v) is 49.3. The number of nitrogens with one attached hydrogen (secondary N) is 1. The van der Waals surface area contributed by atoms with E-state index in [2.05, 4.69) is 5.32 Å². The fraction of sp³-hybridized carbons (Fsp3) is 0.712. The van der Waals surface area contributed by atoms with E-state index < -0.39 is 179 Å². The van der Waals surface area contributed by atoms with Crippen LogP contribution in [0.2, 0.25) is 0 Å². The molecule has 0 saturated carbocycles. The molecule has 33 nitrogen and oxygen atoms in total. The van der Waals surface area contributed by atoms with Gasteiger partial charge in [-0.2, -0.15) is 0 Å². The SMILES string of the molecule is CC1(C)CC(n2c(O)cc(SCCC(O)N3CCCN(C(O)CCC(C(=O)O)N(CC(=O)O)CC(=O)O)CCN(C(=O)CCC(C(=O)O)N(CC(=O)O)CC(=O)O)CCCN(C(=O)CCC(C(=O)O)N(CC(=O)O)CC(=O)O)CC3)c2O)C(C)(C)N1. The van der Waals surface area contributed by atoms with Crippen molar-refractivity contribution in [3.05, 3.63) is 6.07 Å². The Balaban J connectivity index is 2.07. The Bertz CT molecular complexity index is 2500. The quantitative estimate of drug-likeness (QED) is 0.0341. The molecule has 0 bridgehead atoms. The van der Waals surface area contributed by atoms with Gasteiger partial charge in [0.25, 0.3) is 0 Å². The van der Waals surface area contributed by atoms with Crippen molar-refractivity contribution in [1.82, 2.24) is 44.2 Å². The van der Waals surface area contributed by atoms with Crippen molar-refractivity contribution in [1.29, 1.82) is 0 Å². The summed E-state index contributed by atoms with van der Waals surface area (Å²) in [5, 5.41) is 137. The van der Waals surface area contributed by atoms with Gasteiger partial charge in [0.2, 0.25) is 17.7 Å². The van der Waals surface area contributed by atoms with Crippen LogP contribution in [0.15, 0.2) is 11.0 Å². The molecule has 3 rings (SSSR count). The van der Waals surface area contributed by atoms with Crippen molar-refractivity contribution in [2.45, 2.75) is 144 Å². The lowest BCUT2D eigenvalue weighted by Gasteiger charge is -2.36. The molecule has 86 heavy (non-hydrogen) atoms. The molecule has 0 aliphatic carbocycles. The van der Waals surface area contributed by atoms with Crippen LogP contribution in [-0.2, 0) is 52.7 Å². The Morgan fingerprint density at radius 2 is 0.884 bits per heavy atom. The summed E-state index contributed by atoms with van der Waals surface area (Å²) in [5.74, 6) is -15.8. The van der Waals surface area contributed by atoms with Crippen LogP contribution < -0.4 is 5.32 Å². The van der Waals surface area contributed by atoms with Gasteiger partial charge in [-0.25, -0.2) is 0 Å². The van der Waals surface area contributed by atoms with Gasteiger partial charge in [0, 0.05) is 88.1 Å². The molecule has 2 amide bonds. The van der Waals surface area contributed by atoms with Crippen molar-refractivity contribution in [3.63, 3.8) is 0 Å². The number of nitrogens with zero attached hydrogens (tertiary/aromatic N) is 8. The summed E-state index contributed by atoms with van der Waals surface area (Å²) in [7, 11) is 0. The highest BCUT2D eigenvalue weighted by Crippen LogP contribution is 2.47. The molecule has 0 spiro atoms. The lowest BCUT2D eigenvalue weighted by atomic mass is 9.94. The number of carbonyl (C=O) groups is 11. The summed E-state index contributed by atoms with van der Waals surface area (Å²) in [4.78, 5) is 143. The molecule has 0 radical (unpaired) electrons. The highest BCUT2D eigenvalue weighted by atomic mass is 32.2. The van der Waals surface area contributed by atoms with E-state index >= 15 is 0 Å². The Morgan fingerprint density at radius 3 is 1.23 bits per heavy atom. The minimum atomic E-state index is -1.79. The highest BCUT2D eigenvalue weighted by Gasteiger charge is 2.47. The topological polar surface area (TPSA) is 490 Å². The lowest BCUT2D eigenvalue weighted by molar-refractivity contribution is -0.152. The number of hydrogen-bond acceptors (Lipinski definition) is 22. The number of hydrogen-bond donors (Lipinski definition) is 14. The molecule has 2 aliphatic rings. The molecule has 3 heterocycles. The van der Waals surface area contributed by atoms with Gasteiger partial charge in [-0.1, -0.05) is 0 Å². The van der Waals surface area contributed by atoms with E-state index in [1.54, 1.807) is 4.90 Å². The molecule has 2 aliphatic heterocycles. The number of rotatable bonds is 34. The first-order valence-corrected chi connectivity index (χ1v) is 28.7. The van der Waals surface area contributed by atoms with Gasteiger partial charge >= 0.3 is 53.7 Å². The number of carboxylic acid groups (broad SMARTS) is 9. The molecule has 0 aromatic carbocycles. The number of carbonyl (C=O) groups excluding carboxylic acids is 2. The molecule has 2 saturated heterocycles. The number of aromatic hydroxyl groups is 2. The third-order valence-electron chi connectivity index (χ3n) is 14.9. The Labute approximate surface area is 498 Å². The minimum absolute atomic E-state index is 0.00701. The number of carboxylic acids is 9. The van der Waals surface area contributed by atoms with Crippen LogP contribution in [0, 0.1) is 0 Å². The zero-order chi connectivity index (χ0) is 65.0. The average molecular weight is 1250 g/mol. The monoisotopic (exact) mass is 1250 g/mol. The van der Waals surface area contributed by atoms with Gasteiger partial charge in [-0.05, 0) is 79.1 Å². The summed E-state index contributed by atoms with van der Waals surface area (Å²) in [6.45, 7) is 0.502. The van der Waals surface area contributed by atoms with Gasteiger partial charge in [-0.15, -0.1) is 11.8 Å². The van der Waals surface area contributed by atoms with Gasteiger partial charge in [0.05, 0.1) is 50.2 Å². The van der Waals surface area contributed by atoms with Crippen molar-refractivity contribution < 1.29 is 119 Å². The third kappa shape index (κ3) is 23.7. The van der Waals surface area contributed by atoms with Crippen LogP contribution in [0.25, 0.3) is 0 Å². The van der Waals surface area contributed by atoms with E-state index in [0.717, 1.165) is 11.8 Å². The van der Waals surface area contributed by atoms with Crippen LogP contribution in [0.3, 0.4) is 0 Å². The molecule has 14 N–H and O–H groups in total. The Hall–Kier alpha value is -6.92. The summed E-state index contributed by atoms with van der Waals surface area (Å²) >= 11 is 1.13. The van der Waals surface area contributed by atoms with E-state index in [1.165, 1.54) is 25.3 Å². The Morgan fingerprint density at radius 1 is 0.523 bits per heavy atom. The number of aliphatic hydroxyl groups excluding tert-OH is 2. The van der Waals surface area contributed by atoms with Gasteiger partial charge < -0.3 is 81.5 Å². The van der Waals surface area contributed by atoms with E-state index in [4.69, 9.17) is 0 Å².